The third-order valence-electron chi connectivity index (χ3n) is 3.56. The van der Waals surface area contributed by atoms with E-state index in [-0.39, 0.29) is 37.4 Å². The van der Waals surface area contributed by atoms with Crippen LogP contribution in [-0.4, -0.2) is 22.6 Å². The van der Waals surface area contributed by atoms with Gasteiger partial charge in [0, 0.05) is 23.2 Å². The number of rotatable bonds is 7. The van der Waals surface area contributed by atoms with Gasteiger partial charge in [0.25, 0.3) is 0 Å². The minimum absolute atomic E-state index is 0. The number of thiazole rings is 1. The summed E-state index contributed by atoms with van der Waals surface area (Å²) in [6, 6.07) is 18.0. The van der Waals surface area contributed by atoms with Crippen LogP contribution in [0.15, 0.2) is 60.0 Å². The fraction of sp³-hybridized carbons (Fsp3) is 0.100. The van der Waals surface area contributed by atoms with Crippen molar-refractivity contribution in [2.24, 2.45) is 0 Å². The Hall–Kier alpha value is -1.92. The number of carbonyl (C=O) groups is 1. The van der Waals surface area contributed by atoms with Crippen molar-refractivity contribution in [1.29, 1.82) is 0 Å². The number of anilines is 1. The number of nitrogens with zero attached hydrogens (tertiary/aromatic N) is 1. The summed E-state index contributed by atoms with van der Waals surface area (Å²) < 4.78 is 0. The van der Waals surface area contributed by atoms with Crippen LogP contribution in [0.2, 0.25) is 0 Å². The van der Waals surface area contributed by atoms with Gasteiger partial charge in [-0.2, -0.15) is 0 Å². The number of carboxylic acid groups (broad SMARTS) is 1. The van der Waals surface area contributed by atoms with Crippen molar-refractivity contribution in [3.05, 3.63) is 70.5 Å². The third-order valence-corrected chi connectivity index (χ3v) is 4.37. The van der Waals surface area contributed by atoms with Crippen molar-refractivity contribution >= 4 is 35.1 Å². The molecule has 0 unspecified atom stereocenters. The molecule has 1 heterocycles. The van der Waals surface area contributed by atoms with Gasteiger partial charge in [-0.15, -0.1) is 11.3 Å². The summed E-state index contributed by atoms with van der Waals surface area (Å²) in [5.74, 6) is -0.804. The number of hydrogen-bond acceptors (Lipinski definition) is 4. The molecule has 0 amide bonds. The first-order valence-corrected chi connectivity index (χ1v) is 8.83. The van der Waals surface area contributed by atoms with Gasteiger partial charge >= 0.3 is 35.5 Å². The van der Waals surface area contributed by atoms with Gasteiger partial charge in [-0.1, -0.05) is 48.5 Å². The molecule has 2 N–H and O–H groups in total. The van der Waals surface area contributed by atoms with Crippen LogP contribution >= 0.6 is 11.3 Å². The van der Waals surface area contributed by atoms with Crippen molar-refractivity contribution in [1.82, 2.24) is 4.98 Å². The molecule has 0 atom stereocenters. The summed E-state index contributed by atoms with van der Waals surface area (Å²) in [7, 11) is 0. The summed E-state index contributed by atoms with van der Waals surface area (Å²) in [6.45, 7) is 0.412. The average molecular weight is 374 g/mol. The fourth-order valence-electron chi connectivity index (χ4n) is 2.34. The van der Waals surface area contributed by atoms with Crippen molar-refractivity contribution in [3.63, 3.8) is 0 Å². The molecule has 0 saturated carbocycles. The molecule has 0 fully saturated rings. The largest absolute Gasteiger partial charge is 1.00 e. The van der Waals surface area contributed by atoms with Crippen molar-refractivity contribution in [2.75, 3.05) is 11.9 Å². The molecule has 3 aromatic rings. The van der Waals surface area contributed by atoms with Crippen LogP contribution in [-0.2, 0) is 4.79 Å². The van der Waals surface area contributed by atoms with E-state index < -0.39 is 5.97 Å². The monoisotopic (exact) mass is 374 g/mol. The molecule has 2 aromatic carbocycles. The Labute approximate surface area is 180 Å². The SMILES string of the molecule is O=C(O)CCNc1cccc(C=Cc2nc(-c3ccccc3)cs2)c1.[H-].[Na+]. The van der Waals surface area contributed by atoms with E-state index in [0.717, 1.165) is 27.5 Å². The molecule has 0 aliphatic heterocycles. The molecule has 0 aliphatic rings. The number of carboxylic acids is 1. The number of aliphatic carboxylic acids is 1. The summed E-state index contributed by atoms with van der Waals surface area (Å²) >= 11 is 1.61. The maximum absolute atomic E-state index is 10.6. The van der Waals surface area contributed by atoms with Gasteiger partial charge in [-0.25, -0.2) is 4.98 Å². The first-order valence-electron chi connectivity index (χ1n) is 7.95. The molecule has 0 radical (unpaired) electrons. The zero-order valence-electron chi connectivity index (χ0n) is 15.6. The molecular weight excluding hydrogens is 355 g/mol. The predicted octanol–water partition coefficient (Wildman–Crippen LogP) is 1.98. The van der Waals surface area contributed by atoms with Gasteiger partial charge in [0.05, 0.1) is 12.1 Å². The van der Waals surface area contributed by atoms with E-state index in [1.165, 1.54) is 0 Å². The molecule has 0 saturated heterocycles. The Kier molecular flexibility index (Phi) is 8.06. The zero-order valence-corrected chi connectivity index (χ0v) is 17.4. The van der Waals surface area contributed by atoms with Crippen LogP contribution in [0, 0.1) is 0 Å². The van der Waals surface area contributed by atoms with Gasteiger partial charge < -0.3 is 11.8 Å². The molecule has 0 aliphatic carbocycles. The second kappa shape index (κ2) is 10.3. The zero-order chi connectivity index (χ0) is 17.5. The van der Waals surface area contributed by atoms with Crippen LogP contribution < -0.4 is 34.9 Å². The predicted molar refractivity (Wildman–Crippen MR) is 105 cm³/mol. The van der Waals surface area contributed by atoms with Gasteiger partial charge in [0.1, 0.15) is 5.01 Å². The smallest absolute Gasteiger partial charge is 1.00 e. The molecule has 0 bridgehead atoms. The third kappa shape index (κ3) is 6.11. The molecule has 4 nitrogen and oxygen atoms in total. The Morgan fingerprint density at radius 3 is 2.73 bits per heavy atom. The minimum atomic E-state index is -0.804. The van der Waals surface area contributed by atoms with E-state index in [1.807, 2.05) is 54.6 Å². The van der Waals surface area contributed by atoms with Crippen molar-refractivity contribution in [3.8, 4) is 11.3 Å². The van der Waals surface area contributed by atoms with Crippen LogP contribution in [0.1, 0.15) is 18.4 Å². The average Bonchev–Trinajstić information content (AvgIpc) is 3.10. The maximum atomic E-state index is 10.6. The molecule has 6 heteroatoms. The summed E-state index contributed by atoms with van der Waals surface area (Å²) in [5, 5.41) is 14.8. The van der Waals surface area contributed by atoms with E-state index in [0.29, 0.717) is 6.54 Å². The molecule has 26 heavy (non-hydrogen) atoms. The number of aromatic nitrogens is 1. The standard InChI is InChI=1S/C20H18N2O2S.Na.H/c23-20(24)11-12-21-17-8-4-5-15(13-17)9-10-19-22-18(14-25-19)16-6-2-1-3-7-16;;/h1-10,13-14,21H,11-12H2,(H,23,24);;/q;+1;-1. The van der Waals surface area contributed by atoms with Gasteiger partial charge in [0.2, 0.25) is 0 Å². The first-order chi connectivity index (χ1) is 12.2. The number of nitrogens with one attached hydrogen (secondary N) is 1. The molecule has 1 aromatic heterocycles. The number of benzene rings is 2. The van der Waals surface area contributed by atoms with E-state index in [2.05, 4.69) is 27.8 Å². The van der Waals surface area contributed by atoms with Crippen LogP contribution in [0.4, 0.5) is 5.69 Å². The van der Waals surface area contributed by atoms with Gasteiger partial charge in [0.15, 0.2) is 0 Å². The van der Waals surface area contributed by atoms with Crippen molar-refractivity contribution in [2.45, 2.75) is 6.42 Å². The molecule has 3 rings (SSSR count). The molecular formula is C20H19N2NaO2S. The Bertz CT molecular complexity index is 884. The summed E-state index contributed by atoms with van der Waals surface area (Å²) in [4.78, 5) is 15.2. The Morgan fingerprint density at radius 1 is 1.15 bits per heavy atom. The molecule has 128 valence electrons. The molecule has 0 spiro atoms. The summed E-state index contributed by atoms with van der Waals surface area (Å²) in [5.41, 5.74) is 4.04. The fourth-order valence-corrected chi connectivity index (χ4v) is 3.06. The first kappa shape index (κ1) is 20.4. The van der Waals surface area contributed by atoms with Gasteiger partial charge in [-0.05, 0) is 23.8 Å². The Balaban J connectivity index is 0.00000182. The van der Waals surface area contributed by atoms with E-state index >= 15 is 0 Å². The Morgan fingerprint density at radius 2 is 1.96 bits per heavy atom. The van der Waals surface area contributed by atoms with Crippen LogP contribution in [0.25, 0.3) is 23.4 Å². The quantitative estimate of drug-likeness (QED) is 0.621. The van der Waals surface area contributed by atoms with Crippen molar-refractivity contribution < 1.29 is 40.9 Å². The number of hydrogen-bond donors (Lipinski definition) is 2. The second-order valence-corrected chi connectivity index (χ2v) is 6.36. The minimum Gasteiger partial charge on any atom is -1.00 e. The van der Waals surface area contributed by atoms with Crippen LogP contribution in [0.3, 0.4) is 0 Å². The second-order valence-electron chi connectivity index (χ2n) is 5.47. The normalized spacial score (nSPS) is 10.5. The van der Waals surface area contributed by atoms with E-state index in [1.54, 1.807) is 11.3 Å². The van der Waals surface area contributed by atoms with E-state index in [4.69, 9.17) is 5.11 Å². The maximum Gasteiger partial charge on any atom is 1.00 e. The topological polar surface area (TPSA) is 62.2 Å². The van der Waals surface area contributed by atoms with E-state index in [9.17, 15) is 4.79 Å². The summed E-state index contributed by atoms with van der Waals surface area (Å²) in [6.07, 6.45) is 4.10. The van der Waals surface area contributed by atoms with Crippen LogP contribution in [0.5, 0.6) is 0 Å². The van der Waals surface area contributed by atoms with Gasteiger partial charge in [-0.3, -0.25) is 4.79 Å².